The molecule has 2 rings (SSSR count). The van der Waals surface area contributed by atoms with Crippen molar-refractivity contribution in [3.63, 3.8) is 0 Å². The van der Waals surface area contributed by atoms with E-state index in [9.17, 15) is 9.59 Å². The van der Waals surface area contributed by atoms with E-state index in [1.54, 1.807) is 31.6 Å². The number of carbonyl (C=O) groups is 2. The summed E-state index contributed by atoms with van der Waals surface area (Å²) in [7, 11) is 0. The molecule has 0 radical (unpaired) electrons. The van der Waals surface area contributed by atoms with Crippen molar-refractivity contribution < 1.29 is 14.3 Å². The Kier molecular flexibility index (Phi) is 5.62. The number of nitrogens with zero attached hydrogens (tertiary/aromatic N) is 4. The molecule has 2 aromatic heterocycles. The van der Waals surface area contributed by atoms with Gasteiger partial charge in [-0.25, -0.2) is 9.97 Å². The summed E-state index contributed by atoms with van der Waals surface area (Å²) in [4.78, 5) is 31.8. The molecule has 23 heavy (non-hydrogen) atoms. The van der Waals surface area contributed by atoms with Crippen LogP contribution >= 0.6 is 0 Å². The van der Waals surface area contributed by atoms with Crippen molar-refractivity contribution in [2.75, 3.05) is 6.61 Å². The number of imidazole rings is 2. The predicted octanol–water partition coefficient (Wildman–Crippen LogP) is 2.10. The molecule has 2 heterocycles. The third kappa shape index (κ3) is 4.50. The number of hydrogen-bond acceptors (Lipinski definition) is 5. The smallest absolute Gasteiger partial charge is 0.258 e. The maximum atomic E-state index is 12.0. The minimum atomic E-state index is -0.243. The summed E-state index contributed by atoms with van der Waals surface area (Å²) >= 11 is 0. The fourth-order valence-corrected chi connectivity index (χ4v) is 1.81. The molecule has 0 aliphatic carbocycles. The van der Waals surface area contributed by atoms with E-state index in [-0.39, 0.29) is 11.8 Å². The Morgan fingerprint density at radius 3 is 2.83 bits per heavy atom. The van der Waals surface area contributed by atoms with Gasteiger partial charge in [0.25, 0.3) is 11.8 Å². The van der Waals surface area contributed by atoms with E-state index in [2.05, 4.69) is 9.97 Å². The summed E-state index contributed by atoms with van der Waals surface area (Å²) in [6, 6.07) is 0. The molecule has 120 valence electrons. The molecule has 0 N–H and O–H groups in total. The zero-order valence-electron chi connectivity index (χ0n) is 13.0. The molecule has 0 atom stereocenters. The Labute approximate surface area is 133 Å². The first kappa shape index (κ1) is 16.4. The fraction of sp³-hybridized carbons (Fsp3) is 0.250. The van der Waals surface area contributed by atoms with Gasteiger partial charge in [-0.15, -0.1) is 0 Å². The SMILES string of the molecule is CCO/C=C/C(=O)n1cnc(C/C=C(\C)C(=O)n2ccnc2)c1. The van der Waals surface area contributed by atoms with Crippen molar-refractivity contribution in [3.8, 4) is 0 Å². The van der Waals surface area contributed by atoms with E-state index < -0.39 is 0 Å². The van der Waals surface area contributed by atoms with Crippen molar-refractivity contribution >= 4 is 11.8 Å². The van der Waals surface area contributed by atoms with Gasteiger partial charge in [0.15, 0.2) is 0 Å². The van der Waals surface area contributed by atoms with Gasteiger partial charge in [-0.2, -0.15) is 0 Å². The molecule has 0 saturated heterocycles. The highest BCUT2D eigenvalue weighted by Crippen LogP contribution is 2.04. The summed E-state index contributed by atoms with van der Waals surface area (Å²) in [5, 5.41) is 0. The van der Waals surface area contributed by atoms with Crippen LogP contribution in [0.25, 0.3) is 0 Å². The first-order valence-corrected chi connectivity index (χ1v) is 7.16. The first-order valence-electron chi connectivity index (χ1n) is 7.16. The zero-order chi connectivity index (χ0) is 16.7. The third-order valence-corrected chi connectivity index (χ3v) is 3.06. The molecule has 0 aliphatic heterocycles. The average Bonchev–Trinajstić information content (AvgIpc) is 3.23. The molecule has 0 saturated carbocycles. The summed E-state index contributed by atoms with van der Waals surface area (Å²) in [5.74, 6) is -0.384. The van der Waals surface area contributed by atoms with Crippen LogP contribution in [0, 0.1) is 0 Å². The molecular formula is C16H18N4O3. The van der Waals surface area contributed by atoms with E-state index >= 15 is 0 Å². The van der Waals surface area contributed by atoms with Gasteiger partial charge in [0.05, 0.1) is 18.6 Å². The Morgan fingerprint density at radius 1 is 1.30 bits per heavy atom. The van der Waals surface area contributed by atoms with E-state index in [4.69, 9.17) is 4.74 Å². The lowest BCUT2D eigenvalue weighted by Gasteiger charge is -2.00. The van der Waals surface area contributed by atoms with Crippen LogP contribution in [0.4, 0.5) is 0 Å². The molecule has 7 nitrogen and oxygen atoms in total. The normalized spacial score (nSPS) is 11.8. The predicted molar refractivity (Wildman–Crippen MR) is 83.9 cm³/mol. The van der Waals surface area contributed by atoms with Gasteiger partial charge in [-0.3, -0.25) is 18.7 Å². The lowest BCUT2D eigenvalue weighted by atomic mass is 10.2. The Hall–Kier alpha value is -2.96. The number of rotatable bonds is 6. The number of allylic oxidation sites excluding steroid dienone is 3. The molecule has 0 amide bonds. The lowest BCUT2D eigenvalue weighted by molar-refractivity contribution is 0.0949. The van der Waals surface area contributed by atoms with E-state index in [1.165, 1.54) is 34.1 Å². The van der Waals surface area contributed by atoms with Crippen LogP contribution in [0.2, 0.25) is 0 Å². The van der Waals surface area contributed by atoms with Crippen molar-refractivity contribution in [2.24, 2.45) is 0 Å². The number of ether oxygens (including phenoxy) is 1. The first-order chi connectivity index (χ1) is 11.1. The van der Waals surface area contributed by atoms with Crippen molar-refractivity contribution in [1.82, 2.24) is 19.1 Å². The second-order valence-electron chi connectivity index (χ2n) is 4.73. The van der Waals surface area contributed by atoms with Crippen LogP contribution in [0.15, 0.2) is 55.2 Å². The van der Waals surface area contributed by atoms with Crippen molar-refractivity contribution in [2.45, 2.75) is 20.3 Å². The standard InChI is InChI=1S/C16H18N4O3/c1-3-23-9-6-15(21)20-10-14(18-12-20)5-4-13(2)16(22)19-8-7-17-11-19/h4,6-12H,3,5H2,1-2H3/b9-6+,13-4+. The van der Waals surface area contributed by atoms with Gasteiger partial charge in [0.1, 0.15) is 12.7 Å². The highest BCUT2D eigenvalue weighted by molar-refractivity contribution is 5.94. The van der Waals surface area contributed by atoms with Crippen LogP contribution in [0.5, 0.6) is 0 Å². The van der Waals surface area contributed by atoms with Crippen LogP contribution in [0.1, 0.15) is 29.1 Å². The largest absolute Gasteiger partial charge is 0.501 e. The van der Waals surface area contributed by atoms with Crippen molar-refractivity contribution in [1.29, 1.82) is 0 Å². The Morgan fingerprint density at radius 2 is 2.13 bits per heavy atom. The molecule has 2 aromatic rings. The summed E-state index contributed by atoms with van der Waals surface area (Å²) in [6.45, 7) is 4.08. The molecule has 0 aromatic carbocycles. The topological polar surface area (TPSA) is 79.0 Å². The van der Waals surface area contributed by atoms with Crippen LogP contribution in [-0.4, -0.2) is 37.5 Å². The second kappa shape index (κ2) is 7.88. The zero-order valence-corrected chi connectivity index (χ0v) is 13.0. The summed E-state index contributed by atoms with van der Waals surface area (Å²) < 4.78 is 7.76. The maximum Gasteiger partial charge on any atom is 0.258 e. The summed E-state index contributed by atoms with van der Waals surface area (Å²) in [6.07, 6.45) is 12.6. The van der Waals surface area contributed by atoms with Gasteiger partial charge in [-0.05, 0) is 13.8 Å². The molecule has 0 aliphatic rings. The van der Waals surface area contributed by atoms with Crippen LogP contribution < -0.4 is 0 Å². The summed E-state index contributed by atoms with van der Waals surface area (Å²) in [5.41, 5.74) is 1.28. The maximum absolute atomic E-state index is 12.0. The average molecular weight is 314 g/mol. The van der Waals surface area contributed by atoms with Gasteiger partial charge in [-0.1, -0.05) is 6.08 Å². The van der Waals surface area contributed by atoms with Crippen LogP contribution in [0.3, 0.4) is 0 Å². The fourth-order valence-electron chi connectivity index (χ4n) is 1.81. The minimum Gasteiger partial charge on any atom is -0.501 e. The third-order valence-electron chi connectivity index (χ3n) is 3.06. The number of carbonyl (C=O) groups excluding carboxylic acids is 2. The van der Waals surface area contributed by atoms with Crippen molar-refractivity contribution in [3.05, 3.63) is 60.9 Å². The van der Waals surface area contributed by atoms with Gasteiger partial charge < -0.3 is 4.74 Å². The van der Waals surface area contributed by atoms with Gasteiger partial charge in [0.2, 0.25) is 0 Å². The Bertz CT molecular complexity index is 726. The highest BCUT2D eigenvalue weighted by atomic mass is 16.5. The molecule has 0 fully saturated rings. The Balaban J connectivity index is 1.97. The number of hydrogen-bond donors (Lipinski definition) is 0. The van der Waals surface area contributed by atoms with Crippen LogP contribution in [-0.2, 0) is 11.2 Å². The molecule has 0 unspecified atom stereocenters. The van der Waals surface area contributed by atoms with E-state index in [0.29, 0.717) is 24.3 Å². The molecule has 0 spiro atoms. The molecule has 0 bridgehead atoms. The highest BCUT2D eigenvalue weighted by Gasteiger charge is 2.07. The quantitative estimate of drug-likeness (QED) is 0.602. The lowest BCUT2D eigenvalue weighted by Crippen LogP contribution is -2.09. The molecule has 7 heteroatoms. The molecular weight excluding hydrogens is 296 g/mol. The monoisotopic (exact) mass is 314 g/mol. The van der Waals surface area contributed by atoms with E-state index in [0.717, 1.165) is 0 Å². The van der Waals surface area contributed by atoms with E-state index in [1.807, 2.05) is 6.92 Å². The van der Waals surface area contributed by atoms with Gasteiger partial charge in [0, 0.05) is 36.7 Å². The number of aromatic nitrogens is 4. The minimum absolute atomic E-state index is 0.141. The second-order valence-corrected chi connectivity index (χ2v) is 4.73. The van der Waals surface area contributed by atoms with Gasteiger partial charge >= 0.3 is 0 Å².